The zero-order valence-corrected chi connectivity index (χ0v) is 8.62. The van der Waals surface area contributed by atoms with Crippen LogP contribution in [-0.2, 0) is 19.1 Å². The van der Waals surface area contributed by atoms with Crippen LogP contribution in [0, 0.1) is 0 Å². The minimum Gasteiger partial charge on any atom is -0.469 e. The number of carbonyl (C=O) groups excluding carboxylic acids is 2. The van der Waals surface area contributed by atoms with Crippen LogP contribution in [0.4, 0.5) is 0 Å². The molecule has 0 aromatic carbocycles. The molecule has 0 rings (SSSR count). The third-order valence-corrected chi connectivity index (χ3v) is 1.65. The maximum absolute atomic E-state index is 10.7. The molecule has 0 saturated heterocycles. The molecule has 14 heavy (non-hydrogen) atoms. The average molecular weight is 200 g/mol. The summed E-state index contributed by atoms with van der Waals surface area (Å²) in [5, 5.41) is 0. The first-order valence-electron chi connectivity index (χ1n) is 4.49. The van der Waals surface area contributed by atoms with E-state index in [1.54, 1.807) is 0 Å². The Morgan fingerprint density at radius 3 is 1.57 bits per heavy atom. The van der Waals surface area contributed by atoms with Crippen molar-refractivity contribution in [3.8, 4) is 0 Å². The van der Waals surface area contributed by atoms with Gasteiger partial charge in [-0.05, 0) is 12.8 Å². The summed E-state index contributed by atoms with van der Waals surface area (Å²) in [7, 11) is 2.73. The van der Waals surface area contributed by atoms with E-state index in [9.17, 15) is 9.59 Å². The van der Waals surface area contributed by atoms with Crippen molar-refractivity contribution in [3.05, 3.63) is 12.2 Å². The maximum atomic E-state index is 10.7. The number of allylic oxidation sites excluding steroid dienone is 2. The summed E-state index contributed by atoms with van der Waals surface area (Å²) in [6, 6.07) is 0. The molecule has 4 heteroatoms. The Bertz CT molecular complexity index is 186. The summed E-state index contributed by atoms with van der Waals surface area (Å²) in [5.41, 5.74) is 0. The van der Waals surface area contributed by atoms with Crippen molar-refractivity contribution < 1.29 is 19.1 Å². The number of rotatable bonds is 6. The lowest BCUT2D eigenvalue weighted by molar-refractivity contribution is -0.141. The monoisotopic (exact) mass is 200 g/mol. The van der Waals surface area contributed by atoms with Crippen molar-refractivity contribution in [1.82, 2.24) is 0 Å². The van der Waals surface area contributed by atoms with Crippen molar-refractivity contribution in [1.29, 1.82) is 0 Å². The Morgan fingerprint density at radius 2 is 1.29 bits per heavy atom. The van der Waals surface area contributed by atoms with E-state index in [1.165, 1.54) is 14.2 Å². The summed E-state index contributed by atoms with van der Waals surface area (Å²) in [4.78, 5) is 21.3. The summed E-state index contributed by atoms with van der Waals surface area (Å²) < 4.78 is 8.93. The van der Waals surface area contributed by atoms with E-state index in [0.717, 1.165) is 0 Å². The first kappa shape index (κ1) is 12.7. The Kier molecular flexibility index (Phi) is 7.50. The standard InChI is InChI=1S/C10H16O4/c1-13-9(11)7-5-3-4-6-8-10(12)14-2/h3-4H,5-8H2,1-2H3/b4-3+. The first-order chi connectivity index (χ1) is 6.70. The van der Waals surface area contributed by atoms with Crippen molar-refractivity contribution >= 4 is 11.9 Å². The van der Waals surface area contributed by atoms with Crippen molar-refractivity contribution in [2.24, 2.45) is 0 Å². The molecule has 0 unspecified atom stereocenters. The predicted molar refractivity (Wildman–Crippen MR) is 51.6 cm³/mol. The third-order valence-electron chi connectivity index (χ3n) is 1.65. The Hall–Kier alpha value is -1.32. The molecule has 0 heterocycles. The molecule has 0 amide bonds. The second-order valence-corrected chi connectivity index (χ2v) is 2.70. The highest BCUT2D eigenvalue weighted by atomic mass is 16.5. The lowest BCUT2D eigenvalue weighted by Gasteiger charge is -1.95. The lowest BCUT2D eigenvalue weighted by atomic mass is 10.2. The zero-order valence-electron chi connectivity index (χ0n) is 8.62. The van der Waals surface area contributed by atoms with E-state index >= 15 is 0 Å². The highest BCUT2D eigenvalue weighted by Crippen LogP contribution is 1.97. The topological polar surface area (TPSA) is 52.6 Å². The van der Waals surface area contributed by atoms with E-state index in [4.69, 9.17) is 0 Å². The van der Waals surface area contributed by atoms with Gasteiger partial charge in [-0.2, -0.15) is 0 Å². The lowest BCUT2D eigenvalue weighted by Crippen LogP contribution is -1.99. The molecule has 0 aliphatic heterocycles. The zero-order chi connectivity index (χ0) is 10.8. The van der Waals surface area contributed by atoms with Crippen molar-refractivity contribution in [3.63, 3.8) is 0 Å². The molecule has 0 aromatic heterocycles. The third kappa shape index (κ3) is 7.34. The second kappa shape index (κ2) is 8.29. The van der Waals surface area contributed by atoms with Crippen LogP contribution < -0.4 is 0 Å². The van der Waals surface area contributed by atoms with Crippen molar-refractivity contribution in [2.75, 3.05) is 14.2 Å². The van der Waals surface area contributed by atoms with E-state index in [0.29, 0.717) is 25.7 Å². The van der Waals surface area contributed by atoms with Gasteiger partial charge in [0, 0.05) is 12.8 Å². The van der Waals surface area contributed by atoms with Crippen LogP contribution in [0.25, 0.3) is 0 Å². The maximum Gasteiger partial charge on any atom is 0.305 e. The molecule has 0 N–H and O–H groups in total. The van der Waals surface area contributed by atoms with Crippen LogP contribution in [0.1, 0.15) is 25.7 Å². The second-order valence-electron chi connectivity index (χ2n) is 2.70. The fourth-order valence-electron chi connectivity index (χ4n) is 0.842. The van der Waals surface area contributed by atoms with Gasteiger partial charge >= 0.3 is 11.9 Å². The summed E-state index contributed by atoms with van der Waals surface area (Å²) in [5.74, 6) is -0.440. The predicted octanol–water partition coefficient (Wildman–Crippen LogP) is 1.45. The van der Waals surface area contributed by atoms with Crippen LogP contribution in [0.3, 0.4) is 0 Å². The van der Waals surface area contributed by atoms with Crippen LogP contribution in [0.15, 0.2) is 12.2 Å². The van der Waals surface area contributed by atoms with Gasteiger partial charge < -0.3 is 9.47 Å². The number of hydrogen-bond donors (Lipinski definition) is 0. The number of esters is 2. The molecule has 0 atom stereocenters. The van der Waals surface area contributed by atoms with Gasteiger partial charge in [-0.15, -0.1) is 0 Å². The Labute approximate surface area is 83.9 Å². The first-order valence-corrected chi connectivity index (χ1v) is 4.49. The smallest absolute Gasteiger partial charge is 0.305 e. The largest absolute Gasteiger partial charge is 0.469 e. The van der Waals surface area contributed by atoms with Gasteiger partial charge in [0.15, 0.2) is 0 Å². The van der Waals surface area contributed by atoms with Gasteiger partial charge in [-0.25, -0.2) is 0 Å². The number of ether oxygens (including phenoxy) is 2. The summed E-state index contributed by atoms with van der Waals surface area (Å²) in [6.45, 7) is 0. The SMILES string of the molecule is COC(=O)CC/C=C/CCC(=O)OC. The normalized spacial score (nSPS) is 10.1. The highest BCUT2D eigenvalue weighted by Gasteiger charge is 1.97. The molecule has 0 fully saturated rings. The Morgan fingerprint density at radius 1 is 0.929 bits per heavy atom. The van der Waals surface area contributed by atoms with Crippen LogP contribution in [0.5, 0.6) is 0 Å². The quantitative estimate of drug-likeness (QED) is 0.481. The van der Waals surface area contributed by atoms with Gasteiger partial charge in [0.1, 0.15) is 0 Å². The molecule has 0 aromatic rings. The average Bonchev–Trinajstić information content (AvgIpc) is 2.22. The molecule has 0 aliphatic carbocycles. The van der Waals surface area contributed by atoms with Crippen LogP contribution in [0.2, 0.25) is 0 Å². The summed E-state index contributed by atoms with van der Waals surface area (Å²) in [6.07, 6.45) is 5.78. The number of hydrogen-bond acceptors (Lipinski definition) is 4. The molecule has 0 saturated carbocycles. The molecular formula is C10H16O4. The Balaban J connectivity index is 3.36. The van der Waals surface area contributed by atoms with Crippen LogP contribution >= 0.6 is 0 Å². The van der Waals surface area contributed by atoms with Gasteiger partial charge in [0.25, 0.3) is 0 Å². The van der Waals surface area contributed by atoms with Crippen LogP contribution in [-0.4, -0.2) is 26.2 Å². The van der Waals surface area contributed by atoms with Gasteiger partial charge in [-0.1, -0.05) is 12.2 Å². The molecule has 4 nitrogen and oxygen atoms in total. The van der Waals surface area contributed by atoms with E-state index in [2.05, 4.69) is 9.47 Å². The van der Waals surface area contributed by atoms with Gasteiger partial charge in [-0.3, -0.25) is 9.59 Å². The van der Waals surface area contributed by atoms with Gasteiger partial charge in [0.2, 0.25) is 0 Å². The van der Waals surface area contributed by atoms with E-state index in [1.807, 2.05) is 12.2 Å². The minimum absolute atomic E-state index is 0.220. The fourth-order valence-corrected chi connectivity index (χ4v) is 0.842. The van der Waals surface area contributed by atoms with Gasteiger partial charge in [0.05, 0.1) is 14.2 Å². The van der Waals surface area contributed by atoms with Crippen molar-refractivity contribution in [2.45, 2.75) is 25.7 Å². The minimum atomic E-state index is -0.220. The number of carbonyl (C=O) groups is 2. The molecule has 0 radical (unpaired) electrons. The summed E-state index contributed by atoms with van der Waals surface area (Å²) >= 11 is 0. The molecule has 0 spiro atoms. The molecular weight excluding hydrogens is 184 g/mol. The number of methoxy groups -OCH3 is 2. The van der Waals surface area contributed by atoms with E-state index < -0.39 is 0 Å². The molecule has 80 valence electrons. The fraction of sp³-hybridized carbons (Fsp3) is 0.600. The molecule has 0 bridgehead atoms. The van der Waals surface area contributed by atoms with E-state index in [-0.39, 0.29) is 11.9 Å². The highest BCUT2D eigenvalue weighted by molar-refractivity contribution is 5.69. The molecule has 0 aliphatic rings.